The molecule has 1 unspecified atom stereocenters. The number of carbonyl (C=O) groups is 1. The second kappa shape index (κ2) is 8.00. The lowest BCUT2D eigenvalue weighted by atomic mass is 9.89. The number of ether oxygens (including phenoxy) is 1. The van der Waals surface area contributed by atoms with E-state index in [0.717, 1.165) is 5.56 Å². The molecule has 3 N–H and O–H groups in total. The topological polar surface area (TPSA) is 70.6 Å². The molecule has 0 fully saturated rings. The fourth-order valence-electron chi connectivity index (χ4n) is 1.58. The summed E-state index contributed by atoms with van der Waals surface area (Å²) in [7, 11) is 0. The van der Waals surface area contributed by atoms with Crippen molar-refractivity contribution in [3.8, 4) is 0 Å². The van der Waals surface area contributed by atoms with Gasteiger partial charge in [0.15, 0.2) is 0 Å². The van der Waals surface area contributed by atoms with Crippen LogP contribution in [0.2, 0.25) is 0 Å². The summed E-state index contributed by atoms with van der Waals surface area (Å²) in [6.45, 7) is 9.19. The molecule has 0 bridgehead atoms. The Morgan fingerprint density at radius 3 is 2.43 bits per heavy atom. The summed E-state index contributed by atoms with van der Waals surface area (Å²) >= 11 is 0. The van der Waals surface area contributed by atoms with Gasteiger partial charge in [-0.2, -0.15) is 0 Å². The third kappa shape index (κ3) is 6.60. The molecule has 118 valence electrons. The van der Waals surface area contributed by atoms with E-state index in [2.05, 4.69) is 10.6 Å². The van der Waals surface area contributed by atoms with Crippen molar-refractivity contribution >= 4 is 11.7 Å². The average molecular weight is 294 g/mol. The highest BCUT2D eigenvalue weighted by atomic mass is 16.5. The Morgan fingerprint density at radius 1 is 1.29 bits per heavy atom. The highest BCUT2D eigenvalue weighted by molar-refractivity contribution is 5.89. The van der Waals surface area contributed by atoms with E-state index in [1.54, 1.807) is 0 Å². The van der Waals surface area contributed by atoms with Crippen molar-refractivity contribution in [3.05, 3.63) is 29.8 Å². The quantitative estimate of drug-likeness (QED) is 0.755. The van der Waals surface area contributed by atoms with Crippen LogP contribution in [-0.4, -0.2) is 30.4 Å². The second-order valence-corrected chi connectivity index (χ2v) is 6.05. The van der Waals surface area contributed by atoms with Gasteiger partial charge in [0.1, 0.15) is 0 Å². The van der Waals surface area contributed by atoms with Crippen molar-refractivity contribution in [2.45, 2.75) is 40.4 Å². The number of anilines is 1. The maximum atomic E-state index is 11.7. The standard InChI is InChI=1S/C16H26N2O3/c1-5-21-11-12-6-8-13(9-7-12)18-15(20)17-10-14(19)16(2,3)4/h6-9,14,19H,5,10-11H2,1-4H3,(H2,17,18,20). The number of carbonyl (C=O) groups excluding carboxylic acids is 1. The highest BCUT2D eigenvalue weighted by Crippen LogP contribution is 2.18. The first-order chi connectivity index (χ1) is 9.82. The van der Waals surface area contributed by atoms with Crippen LogP contribution in [0.5, 0.6) is 0 Å². The van der Waals surface area contributed by atoms with E-state index in [1.165, 1.54) is 0 Å². The first kappa shape index (κ1) is 17.5. The minimum atomic E-state index is -0.586. The summed E-state index contributed by atoms with van der Waals surface area (Å²) in [5, 5.41) is 15.3. The van der Waals surface area contributed by atoms with Crippen molar-refractivity contribution in [1.82, 2.24) is 5.32 Å². The maximum absolute atomic E-state index is 11.7. The Bertz CT molecular complexity index is 438. The van der Waals surface area contributed by atoms with Gasteiger partial charge in [0, 0.05) is 18.8 Å². The largest absolute Gasteiger partial charge is 0.391 e. The molecule has 2 amide bonds. The molecule has 5 nitrogen and oxygen atoms in total. The number of rotatable bonds is 6. The fourth-order valence-corrected chi connectivity index (χ4v) is 1.58. The molecule has 0 radical (unpaired) electrons. The molecule has 0 aliphatic heterocycles. The highest BCUT2D eigenvalue weighted by Gasteiger charge is 2.22. The SMILES string of the molecule is CCOCc1ccc(NC(=O)NCC(O)C(C)(C)C)cc1. The van der Waals surface area contributed by atoms with Gasteiger partial charge >= 0.3 is 6.03 Å². The van der Waals surface area contributed by atoms with Gasteiger partial charge in [-0.25, -0.2) is 4.79 Å². The summed E-state index contributed by atoms with van der Waals surface area (Å²) in [5.41, 5.74) is 1.51. The predicted octanol–water partition coefficient (Wildman–Crippen LogP) is 2.75. The minimum absolute atomic E-state index is 0.220. The van der Waals surface area contributed by atoms with Crippen LogP contribution in [-0.2, 0) is 11.3 Å². The third-order valence-corrected chi connectivity index (χ3v) is 3.14. The Balaban J connectivity index is 2.41. The number of urea groups is 1. The van der Waals surface area contributed by atoms with Crippen LogP contribution in [0.3, 0.4) is 0 Å². The predicted molar refractivity (Wildman–Crippen MR) is 84.3 cm³/mol. The van der Waals surface area contributed by atoms with Gasteiger partial charge in [-0.15, -0.1) is 0 Å². The molecule has 1 aromatic carbocycles. The van der Waals surface area contributed by atoms with Crippen molar-refractivity contribution in [1.29, 1.82) is 0 Å². The van der Waals surface area contributed by atoms with E-state index in [0.29, 0.717) is 18.9 Å². The number of nitrogens with one attached hydrogen (secondary N) is 2. The van der Waals surface area contributed by atoms with Gasteiger partial charge in [-0.1, -0.05) is 32.9 Å². The van der Waals surface area contributed by atoms with Crippen molar-refractivity contribution in [2.24, 2.45) is 5.41 Å². The van der Waals surface area contributed by atoms with Crippen molar-refractivity contribution in [2.75, 3.05) is 18.5 Å². The first-order valence-corrected chi connectivity index (χ1v) is 7.22. The van der Waals surface area contributed by atoms with Crippen LogP contribution in [0.4, 0.5) is 10.5 Å². The Morgan fingerprint density at radius 2 is 1.90 bits per heavy atom. The lowest BCUT2D eigenvalue weighted by Crippen LogP contribution is -2.40. The Labute approximate surface area is 126 Å². The van der Waals surface area contributed by atoms with E-state index < -0.39 is 6.10 Å². The van der Waals surface area contributed by atoms with E-state index in [4.69, 9.17) is 4.74 Å². The smallest absolute Gasteiger partial charge is 0.319 e. The van der Waals surface area contributed by atoms with Gasteiger partial charge in [0.05, 0.1) is 12.7 Å². The van der Waals surface area contributed by atoms with E-state index in [9.17, 15) is 9.90 Å². The summed E-state index contributed by atoms with van der Waals surface area (Å²) < 4.78 is 5.31. The number of aliphatic hydroxyl groups is 1. The van der Waals surface area contributed by atoms with Gasteiger partial charge in [-0.3, -0.25) is 0 Å². The average Bonchev–Trinajstić information content (AvgIpc) is 2.43. The molecule has 0 saturated heterocycles. The minimum Gasteiger partial charge on any atom is -0.391 e. The van der Waals surface area contributed by atoms with Gasteiger partial charge in [0.25, 0.3) is 0 Å². The van der Waals surface area contributed by atoms with Crippen LogP contribution in [0, 0.1) is 5.41 Å². The molecule has 5 heteroatoms. The van der Waals surface area contributed by atoms with E-state index in [-0.39, 0.29) is 18.0 Å². The molecule has 1 aromatic rings. The zero-order valence-corrected chi connectivity index (χ0v) is 13.3. The van der Waals surface area contributed by atoms with Gasteiger partial charge in [0.2, 0.25) is 0 Å². The normalized spacial score (nSPS) is 12.8. The summed E-state index contributed by atoms with van der Waals surface area (Å²) in [5.74, 6) is 0. The summed E-state index contributed by atoms with van der Waals surface area (Å²) in [6.07, 6.45) is -0.586. The zero-order valence-electron chi connectivity index (χ0n) is 13.3. The molecule has 0 heterocycles. The molecular formula is C16H26N2O3. The summed E-state index contributed by atoms with van der Waals surface area (Å²) in [4.78, 5) is 11.7. The van der Waals surface area contributed by atoms with Crippen molar-refractivity contribution < 1.29 is 14.6 Å². The molecule has 1 rings (SSSR count). The monoisotopic (exact) mass is 294 g/mol. The second-order valence-electron chi connectivity index (χ2n) is 6.05. The maximum Gasteiger partial charge on any atom is 0.319 e. The van der Waals surface area contributed by atoms with Crippen LogP contribution in [0.25, 0.3) is 0 Å². The zero-order chi connectivity index (χ0) is 15.9. The molecule has 21 heavy (non-hydrogen) atoms. The van der Waals surface area contributed by atoms with Crippen LogP contribution >= 0.6 is 0 Å². The molecule has 1 atom stereocenters. The Hall–Kier alpha value is -1.59. The molecule has 0 spiro atoms. The number of hydrogen-bond acceptors (Lipinski definition) is 3. The lowest BCUT2D eigenvalue weighted by Gasteiger charge is -2.25. The van der Waals surface area contributed by atoms with Gasteiger partial charge in [-0.05, 0) is 30.0 Å². The van der Waals surface area contributed by atoms with E-state index >= 15 is 0 Å². The van der Waals surface area contributed by atoms with E-state index in [1.807, 2.05) is 52.0 Å². The first-order valence-electron chi connectivity index (χ1n) is 7.22. The van der Waals surface area contributed by atoms with Crippen LogP contribution < -0.4 is 10.6 Å². The van der Waals surface area contributed by atoms with Crippen molar-refractivity contribution in [3.63, 3.8) is 0 Å². The fraction of sp³-hybridized carbons (Fsp3) is 0.562. The third-order valence-electron chi connectivity index (χ3n) is 3.14. The van der Waals surface area contributed by atoms with Crippen LogP contribution in [0.1, 0.15) is 33.3 Å². The van der Waals surface area contributed by atoms with Gasteiger partial charge < -0.3 is 20.5 Å². The lowest BCUT2D eigenvalue weighted by molar-refractivity contribution is 0.0654. The number of benzene rings is 1. The summed E-state index contributed by atoms with van der Waals surface area (Å²) in [6, 6.07) is 7.16. The Kier molecular flexibility index (Phi) is 6.65. The van der Waals surface area contributed by atoms with Crippen LogP contribution in [0.15, 0.2) is 24.3 Å². The number of amides is 2. The molecular weight excluding hydrogens is 268 g/mol. The number of hydrogen-bond donors (Lipinski definition) is 3. The molecule has 0 aliphatic carbocycles. The number of aliphatic hydroxyl groups excluding tert-OH is 1. The molecule has 0 saturated carbocycles. The molecule has 0 aliphatic rings. The molecule has 0 aromatic heterocycles.